The van der Waals surface area contributed by atoms with Gasteiger partial charge in [0, 0.05) is 4.90 Å². The molecule has 0 radical (unpaired) electrons. The van der Waals surface area contributed by atoms with E-state index in [2.05, 4.69) is 28.0 Å². The average molecular weight is 388 g/mol. The van der Waals surface area contributed by atoms with Gasteiger partial charge in [-0.3, -0.25) is 15.6 Å². The Morgan fingerprint density at radius 1 is 1.15 bits per heavy atom. The third-order valence-corrected chi connectivity index (χ3v) is 6.33. The Kier molecular flexibility index (Phi) is 5.08. The Morgan fingerprint density at radius 2 is 1.96 bits per heavy atom. The Morgan fingerprint density at radius 3 is 2.81 bits per heavy atom. The number of carbonyl (C=O) groups is 1. The number of fused-ring (bicyclic) bond motifs is 3. The molecule has 1 amide bonds. The molecule has 1 heterocycles. The van der Waals surface area contributed by atoms with Crippen molar-refractivity contribution in [3.8, 4) is 0 Å². The molecule has 1 aromatic heterocycles. The molecule has 0 saturated heterocycles. The summed E-state index contributed by atoms with van der Waals surface area (Å²) in [6.45, 7) is 0. The molecule has 0 fully saturated rings. The summed E-state index contributed by atoms with van der Waals surface area (Å²) in [6, 6.07) is 10.4. The van der Waals surface area contributed by atoms with Gasteiger partial charge >= 0.3 is 0 Å². The number of carbonyl (C=O) groups excluding carboxylic acids is 1. The van der Waals surface area contributed by atoms with Gasteiger partial charge in [-0.05, 0) is 67.1 Å². The van der Waals surface area contributed by atoms with Gasteiger partial charge in [0.1, 0.15) is 5.82 Å². The lowest BCUT2D eigenvalue weighted by atomic mass is 9.91. The first-order valence-electron chi connectivity index (χ1n) is 8.53. The maximum Gasteiger partial charge on any atom is 0.248 e. The molecule has 134 valence electrons. The minimum Gasteiger partial charge on any atom is -0.273 e. The molecule has 2 N–H and O–H groups in total. The second-order valence-corrected chi connectivity index (χ2v) is 8.27. The average Bonchev–Trinajstić information content (AvgIpc) is 3.09. The fraction of sp³-hybridized carbons (Fsp3) is 0.263. The molecule has 4 rings (SSSR count). The van der Waals surface area contributed by atoms with Crippen molar-refractivity contribution in [3.05, 3.63) is 53.3 Å². The standard InChI is InChI=1S/C19H18FN3OS2/c20-13-6-8-14(9-7-13)25-11-17(24)22-23-19-21-18-15-4-2-1-3-12(15)5-10-16(18)26-19/h5-10H,1-4,11H2,(H,21,23)(H,22,24). The van der Waals surface area contributed by atoms with E-state index in [1.54, 1.807) is 23.5 Å². The van der Waals surface area contributed by atoms with Gasteiger partial charge in [-0.25, -0.2) is 9.37 Å². The summed E-state index contributed by atoms with van der Waals surface area (Å²) >= 11 is 2.90. The van der Waals surface area contributed by atoms with Crippen LogP contribution in [0.3, 0.4) is 0 Å². The number of nitrogens with one attached hydrogen (secondary N) is 2. The lowest BCUT2D eigenvalue weighted by Gasteiger charge is -2.15. The van der Waals surface area contributed by atoms with Gasteiger partial charge in [0.15, 0.2) is 0 Å². The molecule has 4 nitrogen and oxygen atoms in total. The SMILES string of the molecule is O=C(CSc1ccc(F)cc1)NNc1nc2c3c(ccc2s1)CCCC3. The van der Waals surface area contributed by atoms with Crippen LogP contribution in [-0.4, -0.2) is 16.6 Å². The highest BCUT2D eigenvalue weighted by Crippen LogP contribution is 2.33. The van der Waals surface area contributed by atoms with Crippen LogP contribution in [-0.2, 0) is 17.6 Å². The van der Waals surface area contributed by atoms with Gasteiger partial charge in [0.05, 0.1) is 16.0 Å². The number of hydrogen-bond donors (Lipinski definition) is 2. The number of aryl methyl sites for hydroxylation is 2. The van der Waals surface area contributed by atoms with Crippen LogP contribution >= 0.6 is 23.1 Å². The smallest absolute Gasteiger partial charge is 0.248 e. The lowest BCUT2D eigenvalue weighted by Crippen LogP contribution is -2.30. The van der Waals surface area contributed by atoms with Crippen molar-refractivity contribution in [1.29, 1.82) is 0 Å². The molecule has 1 aliphatic carbocycles. The maximum atomic E-state index is 12.9. The van der Waals surface area contributed by atoms with Gasteiger partial charge in [-0.1, -0.05) is 17.4 Å². The molecule has 0 aliphatic heterocycles. The number of hydrogen-bond acceptors (Lipinski definition) is 5. The lowest BCUT2D eigenvalue weighted by molar-refractivity contribution is -0.118. The summed E-state index contributed by atoms with van der Waals surface area (Å²) in [5.41, 5.74) is 9.43. The van der Waals surface area contributed by atoms with Crippen LogP contribution in [0.1, 0.15) is 24.0 Å². The predicted octanol–water partition coefficient (Wildman–Crippen LogP) is 4.55. The van der Waals surface area contributed by atoms with E-state index in [9.17, 15) is 9.18 Å². The number of anilines is 1. The Labute approximate surface area is 159 Å². The summed E-state index contributed by atoms with van der Waals surface area (Å²) in [5.74, 6) is -0.182. The first-order valence-corrected chi connectivity index (χ1v) is 10.3. The highest BCUT2D eigenvalue weighted by atomic mass is 32.2. The number of benzene rings is 2. The van der Waals surface area contributed by atoms with E-state index in [4.69, 9.17) is 0 Å². The van der Waals surface area contributed by atoms with E-state index < -0.39 is 0 Å². The van der Waals surface area contributed by atoms with E-state index >= 15 is 0 Å². The minimum atomic E-state index is -0.279. The van der Waals surface area contributed by atoms with Gasteiger partial charge in [0.25, 0.3) is 0 Å². The third kappa shape index (κ3) is 3.83. The van der Waals surface area contributed by atoms with Crippen molar-refractivity contribution in [3.63, 3.8) is 0 Å². The van der Waals surface area contributed by atoms with E-state index in [-0.39, 0.29) is 17.5 Å². The summed E-state index contributed by atoms with van der Waals surface area (Å²) in [5, 5.41) is 0.694. The third-order valence-electron chi connectivity index (χ3n) is 4.38. The molecular weight excluding hydrogens is 369 g/mol. The summed E-state index contributed by atoms with van der Waals surface area (Å²) in [4.78, 5) is 17.5. The second kappa shape index (κ2) is 7.63. The molecule has 7 heteroatoms. The monoisotopic (exact) mass is 387 g/mol. The first kappa shape index (κ1) is 17.3. The van der Waals surface area contributed by atoms with Crippen LogP contribution in [0.2, 0.25) is 0 Å². The molecule has 26 heavy (non-hydrogen) atoms. The fourth-order valence-electron chi connectivity index (χ4n) is 3.11. The largest absolute Gasteiger partial charge is 0.273 e. The Hall–Kier alpha value is -2.12. The number of rotatable bonds is 5. The van der Waals surface area contributed by atoms with E-state index in [0.717, 1.165) is 28.0 Å². The second-order valence-electron chi connectivity index (χ2n) is 6.19. The number of nitrogens with zero attached hydrogens (tertiary/aromatic N) is 1. The zero-order valence-corrected chi connectivity index (χ0v) is 15.7. The summed E-state index contributed by atoms with van der Waals surface area (Å²) in [6.07, 6.45) is 4.67. The van der Waals surface area contributed by atoms with Crippen molar-refractivity contribution < 1.29 is 9.18 Å². The van der Waals surface area contributed by atoms with Gasteiger partial charge in [0.2, 0.25) is 11.0 Å². The zero-order valence-electron chi connectivity index (χ0n) is 14.0. The Bertz CT molecular complexity index is 940. The molecule has 0 bridgehead atoms. The van der Waals surface area contributed by atoms with Crippen molar-refractivity contribution in [2.45, 2.75) is 30.6 Å². The molecule has 2 aromatic carbocycles. The van der Waals surface area contributed by atoms with Crippen molar-refractivity contribution in [1.82, 2.24) is 10.4 Å². The van der Waals surface area contributed by atoms with Crippen molar-refractivity contribution in [2.75, 3.05) is 11.2 Å². The van der Waals surface area contributed by atoms with Crippen LogP contribution in [0.25, 0.3) is 10.2 Å². The molecule has 0 atom stereocenters. The zero-order chi connectivity index (χ0) is 17.9. The quantitative estimate of drug-likeness (QED) is 0.498. The van der Waals surface area contributed by atoms with Crippen LogP contribution < -0.4 is 10.9 Å². The van der Waals surface area contributed by atoms with Gasteiger partial charge in [-0.2, -0.15) is 0 Å². The minimum absolute atomic E-state index is 0.152. The highest BCUT2D eigenvalue weighted by molar-refractivity contribution is 8.00. The van der Waals surface area contributed by atoms with E-state index in [1.165, 1.54) is 47.9 Å². The number of thioether (sulfide) groups is 1. The van der Waals surface area contributed by atoms with Gasteiger partial charge in [-0.15, -0.1) is 11.8 Å². The Balaban J connectivity index is 1.36. The molecule has 0 spiro atoms. The number of aromatic nitrogens is 1. The van der Waals surface area contributed by atoms with Crippen molar-refractivity contribution in [2.24, 2.45) is 0 Å². The van der Waals surface area contributed by atoms with Crippen LogP contribution in [0.15, 0.2) is 41.3 Å². The number of hydrazine groups is 1. The number of thiazole rings is 1. The molecule has 1 aliphatic rings. The first-order chi connectivity index (χ1) is 12.7. The van der Waals surface area contributed by atoms with Crippen LogP contribution in [0, 0.1) is 5.82 Å². The van der Waals surface area contributed by atoms with Crippen LogP contribution in [0.4, 0.5) is 9.52 Å². The predicted molar refractivity (Wildman–Crippen MR) is 105 cm³/mol. The summed E-state index contributed by atoms with van der Waals surface area (Å²) in [7, 11) is 0. The van der Waals surface area contributed by atoms with Crippen molar-refractivity contribution >= 4 is 44.4 Å². The molecular formula is C19H18FN3OS2. The molecule has 0 saturated carbocycles. The topological polar surface area (TPSA) is 54.0 Å². The fourth-order valence-corrected chi connectivity index (χ4v) is 4.66. The number of amides is 1. The van der Waals surface area contributed by atoms with Crippen LogP contribution in [0.5, 0.6) is 0 Å². The number of halogens is 1. The molecule has 3 aromatic rings. The van der Waals surface area contributed by atoms with E-state index in [1.807, 2.05) is 0 Å². The summed E-state index contributed by atoms with van der Waals surface area (Å²) < 4.78 is 14.0. The molecule has 0 unspecified atom stereocenters. The maximum absolute atomic E-state index is 12.9. The van der Waals surface area contributed by atoms with E-state index in [0.29, 0.717) is 5.13 Å². The van der Waals surface area contributed by atoms with Gasteiger partial charge < -0.3 is 0 Å². The normalized spacial score (nSPS) is 13.4. The highest BCUT2D eigenvalue weighted by Gasteiger charge is 2.15.